The molecule has 0 aliphatic rings. The maximum Gasteiger partial charge on any atom is 0.256 e. The number of halogens is 2. The fourth-order valence-electron chi connectivity index (χ4n) is 2.93. The Balaban J connectivity index is 2.10. The van der Waals surface area contributed by atoms with Gasteiger partial charge in [0, 0.05) is 16.3 Å². The normalized spacial score (nSPS) is 11.5. The number of aromatic amines is 1. The van der Waals surface area contributed by atoms with Crippen LogP contribution in [0.4, 0.5) is 21.6 Å². The lowest BCUT2D eigenvalue weighted by molar-refractivity contribution is -0.130. The predicted octanol–water partition coefficient (Wildman–Crippen LogP) is 4.20. The van der Waals surface area contributed by atoms with Crippen molar-refractivity contribution in [2.24, 2.45) is 0 Å². The van der Waals surface area contributed by atoms with E-state index in [4.69, 9.17) is 11.6 Å². The zero-order valence-electron chi connectivity index (χ0n) is 18.0. The maximum atomic E-state index is 14.4. The topological polar surface area (TPSA) is 120 Å². The number of carbonyl (C=O) groups is 1. The van der Waals surface area contributed by atoms with Crippen LogP contribution in [0.2, 0.25) is 5.02 Å². The van der Waals surface area contributed by atoms with E-state index in [1.807, 2.05) is 13.8 Å². The highest BCUT2D eigenvalue weighted by Crippen LogP contribution is 2.31. The average Bonchev–Trinajstić information content (AvgIpc) is 2.71. The van der Waals surface area contributed by atoms with Gasteiger partial charge in [0.1, 0.15) is 23.4 Å². The predicted molar refractivity (Wildman–Crippen MR) is 122 cm³/mol. The standard InChI is InChI=1S/C22H23ClFN5O3/c1-11(2)18-16(8-14(20(30)29-18)13-7-12(23)5-6-15(13)24)27-19-17(9-25-10-26-19)28-21(31)22(3,4)32/h5-11,32H,1-4H3,(H,28,31)(H,29,30)(H,25,26,27). The summed E-state index contributed by atoms with van der Waals surface area (Å²) in [5.41, 5.74) is -0.741. The van der Waals surface area contributed by atoms with Gasteiger partial charge in [-0.3, -0.25) is 9.59 Å². The summed E-state index contributed by atoms with van der Waals surface area (Å²) in [5.74, 6) is -1.12. The van der Waals surface area contributed by atoms with Crippen LogP contribution < -0.4 is 16.2 Å². The molecule has 0 saturated heterocycles. The summed E-state index contributed by atoms with van der Waals surface area (Å²) in [4.78, 5) is 35.8. The minimum absolute atomic E-state index is 0.0512. The molecule has 10 heteroatoms. The number of amides is 1. The van der Waals surface area contributed by atoms with E-state index < -0.39 is 22.9 Å². The third-order valence-corrected chi connectivity index (χ3v) is 4.87. The maximum absolute atomic E-state index is 14.4. The highest BCUT2D eigenvalue weighted by molar-refractivity contribution is 6.30. The van der Waals surface area contributed by atoms with Gasteiger partial charge in [0.25, 0.3) is 11.5 Å². The molecule has 0 fully saturated rings. The fraction of sp³-hybridized carbons (Fsp3) is 0.273. The van der Waals surface area contributed by atoms with E-state index in [1.54, 1.807) is 0 Å². The Bertz CT molecular complexity index is 1220. The van der Waals surface area contributed by atoms with Crippen LogP contribution in [0.25, 0.3) is 11.1 Å². The van der Waals surface area contributed by atoms with Gasteiger partial charge in [0.05, 0.1) is 17.4 Å². The van der Waals surface area contributed by atoms with Gasteiger partial charge in [-0.2, -0.15) is 0 Å². The van der Waals surface area contributed by atoms with Gasteiger partial charge in [-0.05, 0) is 44.0 Å². The molecule has 0 bridgehead atoms. The molecule has 3 aromatic rings. The van der Waals surface area contributed by atoms with Gasteiger partial charge >= 0.3 is 0 Å². The molecule has 3 rings (SSSR count). The fourth-order valence-corrected chi connectivity index (χ4v) is 3.10. The zero-order valence-corrected chi connectivity index (χ0v) is 18.7. The first-order valence-corrected chi connectivity index (χ1v) is 10.2. The van der Waals surface area contributed by atoms with E-state index in [2.05, 4.69) is 25.6 Å². The Kier molecular flexibility index (Phi) is 6.61. The molecule has 4 N–H and O–H groups in total. The number of aromatic nitrogens is 3. The van der Waals surface area contributed by atoms with Gasteiger partial charge in [0.2, 0.25) is 0 Å². The van der Waals surface area contributed by atoms with E-state index in [0.29, 0.717) is 11.4 Å². The summed E-state index contributed by atoms with van der Waals surface area (Å²) in [6.45, 7) is 6.47. The third kappa shape index (κ3) is 5.12. The monoisotopic (exact) mass is 459 g/mol. The number of hydrogen-bond acceptors (Lipinski definition) is 6. The number of nitrogens with zero attached hydrogens (tertiary/aromatic N) is 2. The summed E-state index contributed by atoms with van der Waals surface area (Å²) < 4.78 is 14.4. The SMILES string of the molecule is CC(C)c1[nH]c(=O)c(-c2cc(Cl)ccc2F)cc1Nc1ncncc1NC(=O)C(C)(C)O. The lowest BCUT2D eigenvalue weighted by Gasteiger charge is -2.20. The molecule has 1 amide bonds. The second-order valence-electron chi connectivity index (χ2n) is 8.04. The van der Waals surface area contributed by atoms with Crippen molar-refractivity contribution in [3.05, 3.63) is 63.7 Å². The summed E-state index contributed by atoms with van der Waals surface area (Å²) in [6.07, 6.45) is 2.65. The van der Waals surface area contributed by atoms with Crippen LogP contribution in [0.5, 0.6) is 0 Å². The zero-order chi connectivity index (χ0) is 23.6. The van der Waals surface area contributed by atoms with Crippen LogP contribution in [-0.4, -0.2) is 31.6 Å². The highest BCUT2D eigenvalue weighted by atomic mass is 35.5. The summed E-state index contributed by atoms with van der Waals surface area (Å²) in [5, 5.41) is 15.9. The van der Waals surface area contributed by atoms with Crippen LogP contribution in [0.15, 0.2) is 41.6 Å². The Morgan fingerprint density at radius 2 is 1.94 bits per heavy atom. The molecule has 0 spiro atoms. The molecule has 0 aliphatic heterocycles. The first kappa shape index (κ1) is 23.4. The number of H-pyrrole nitrogens is 1. The third-order valence-electron chi connectivity index (χ3n) is 4.64. The first-order valence-electron chi connectivity index (χ1n) is 9.81. The van der Waals surface area contributed by atoms with Gasteiger partial charge < -0.3 is 20.7 Å². The van der Waals surface area contributed by atoms with Gasteiger partial charge in [-0.1, -0.05) is 25.4 Å². The molecule has 0 atom stereocenters. The Hall–Kier alpha value is -3.30. The number of carbonyl (C=O) groups excluding carboxylic acids is 1. The van der Waals surface area contributed by atoms with Crippen LogP contribution in [-0.2, 0) is 4.79 Å². The van der Waals surface area contributed by atoms with E-state index in [1.165, 1.54) is 50.6 Å². The lowest BCUT2D eigenvalue weighted by atomic mass is 10.0. The number of aliphatic hydroxyl groups is 1. The van der Waals surface area contributed by atoms with Crippen molar-refractivity contribution >= 4 is 34.7 Å². The highest BCUT2D eigenvalue weighted by Gasteiger charge is 2.25. The molecular formula is C22H23ClFN5O3. The van der Waals surface area contributed by atoms with Crippen LogP contribution in [0.3, 0.4) is 0 Å². The summed E-state index contributed by atoms with van der Waals surface area (Å²) in [7, 11) is 0. The van der Waals surface area contributed by atoms with Crippen LogP contribution in [0.1, 0.15) is 39.3 Å². The van der Waals surface area contributed by atoms with E-state index >= 15 is 0 Å². The molecule has 32 heavy (non-hydrogen) atoms. The minimum atomic E-state index is -1.62. The van der Waals surface area contributed by atoms with Crippen molar-refractivity contribution in [2.45, 2.75) is 39.2 Å². The second kappa shape index (κ2) is 9.05. The minimum Gasteiger partial charge on any atom is -0.381 e. The summed E-state index contributed by atoms with van der Waals surface area (Å²) in [6, 6.07) is 5.47. The van der Waals surface area contributed by atoms with E-state index in [-0.39, 0.29) is 33.6 Å². The molecule has 168 valence electrons. The van der Waals surface area contributed by atoms with Crippen molar-refractivity contribution in [1.29, 1.82) is 0 Å². The van der Waals surface area contributed by atoms with Crippen molar-refractivity contribution in [2.75, 3.05) is 10.6 Å². The Morgan fingerprint density at radius 1 is 1.22 bits per heavy atom. The van der Waals surface area contributed by atoms with Gasteiger partial charge in [-0.25, -0.2) is 14.4 Å². The molecule has 0 aliphatic carbocycles. The lowest BCUT2D eigenvalue weighted by Crippen LogP contribution is -2.36. The van der Waals surface area contributed by atoms with Gasteiger partial charge in [-0.15, -0.1) is 0 Å². The largest absolute Gasteiger partial charge is 0.381 e. The van der Waals surface area contributed by atoms with Crippen molar-refractivity contribution in [1.82, 2.24) is 15.0 Å². The average molecular weight is 460 g/mol. The van der Waals surface area contributed by atoms with Gasteiger partial charge in [0.15, 0.2) is 5.82 Å². The number of benzene rings is 1. The van der Waals surface area contributed by atoms with Crippen molar-refractivity contribution in [3.8, 4) is 11.1 Å². The van der Waals surface area contributed by atoms with Crippen molar-refractivity contribution in [3.63, 3.8) is 0 Å². The molecule has 1 aromatic carbocycles. The quantitative estimate of drug-likeness (QED) is 0.438. The molecule has 0 radical (unpaired) electrons. The number of pyridine rings is 1. The van der Waals surface area contributed by atoms with Crippen molar-refractivity contribution < 1.29 is 14.3 Å². The molecule has 2 heterocycles. The van der Waals surface area contributed by atoms with E-state index in [0.717, 1.165) is 0 Å². The molecule has 2 aromatic heterocycles. The first-order chi connectivity index (χ1) is 15.0. The summed E-state index contributed by atoms with van der Waals surface area (Å²) >= 11 is 6.00. The number of nitrogens with one attached hydrogen (secondary N) is 3. The second-order valence-corrected chi connectivity index (χ2v) is 8.48. The molecular weight excluding hydrogens is 437 g/mol. The van der Waals surface area contributed by atoms with E-state index in [9.17, 15) is 19.1 Å². The molecule has 0 unspecified atom stereocenters. The molecule has 8 nitrogen and oxygen atoms in total. The van der Waals surface area contributed by atoms with Crippen LogP contribution in [0, 0.1) is 5.82 Å². The number of rotatable bonds is 6. The smallest absolute Gasteiger partial charge is 0.256 e. The number of hydrogen-bond donors (Lipinski definition) is 4. The number of anilines is 3. The van der Waals surface area contributed by atoms with Crippen LogP contribution >= 0.6 is 11.6 Å². The Morgan fingerprint density at radius 3 is 2.59 bits per heavy atom. The molecule has 0 saturated carbocycles. The Labute approximate surface area is 188 Å².